The Labute approximate surface area is 177 Å². The summed E-state index contributed by atoms with van der Waals surface area (Å²) in [6.07, 6.45) is 7.09. The third kappa shape index (κ3) is 5.90. The fourth-order valence-electron chi connectivity index (χ4n) is 3.73. The molecule has 1 aromatic carbocycles. The van der Waals surface area contributed by atoms with Crippen LogP contribution in [-0.4, -0.2) is 72.8 Å². The Morgan fingerprint density at radius 1 is 1.10 bits per heavy atom. The summed E-state index contributed by atoms with van der Waals surface area (Å²) in [5, 5.41) is 2.97. The van der Waals surface area contributed by atoms with Gasteiger partial charge in [-0.15, -0.1) is 0 Å². The fourth-order valence-corrected chi connectivity index (χ4v) is 3.73. The van der Waals surface area contributed by atoms with E-state index in [0.717, 1.165) is 63.0 Å². The van der Waals surface area contributed by atoms with Gasteiger partial charge in [-0.05, 0) is 49.6 Å². The molecule has 2 aliphatic rings. The number of nitrogens with zero attached hydrogens (tertiary/aromatic N) is 4. The number of carbonyl (C=O) groups is 1. The Bertz CT molecular complexity index is 788. The number of benzene rings is 1. The Kier molecular flexibility index (Phi) is 7.10. The largest absolute Gasteiger partial charge is 0.491 e. The smallest absolute Gasteiger partial charge is 0.238 e. The van der Waals surface area contributed by atoms with Crippen LogP contribution in [0.2, 0.25) is 0 Å². The molecule has 1 N–H and O–H groups in total. The lowest BCUT2D eigenvalue weighted by Crippen LogP contribution is -2.49. The molecular weight excluding hydrogens is 382 g/mol. The second-order valence-electron chi connectivity index (χ2n) is 7.68. The Morgan fingerprint density at radius 3 is 2.57 bits per heavy atom. The minimum atomic E-state index is -0.0105. The Morgan fingerprint density at radius 2 is 1.87 bits per heavy atom. The van der Waals surface area contributed by atoms with Crippen molar-refractivity contribution in [3.05, 3.63) is 42.7 Å². The highest BCUT2D eigenvalue weighted by Gasteiger charge is 2.20. The molecule has 1 aromatic heterocycles. The minimum absolute atomic E-state index is 0.0105. The van der Waals surface area contributed by atoms with Crippen molar-refractivity contribution in [1.82, 2.24) is 14.9 Å². The van der Waals surface area contributed by atoms with E-state index in [2.05, 4.69) is 25.1 Å². The lowest BCUT2D eigenvalue weighted by molar-refractivity contribution is -0.117. The first-order chi connectivity index (χ1) is 14.8. The number of hydrogen-bond acceptors (Lipinski definition) is 7. The average molecular weight is 412 g/mol. The molecule has 8 heteroatoms. The van der Waals surface area contributed by atoms with Gasteiger partial charge in [-0.25, -0.2) is 9.97 Å². The summed E-state index contributed by atoms with van der Waals surface area (Å²) in [6.45, 7) is 5.02. The van der Waals surface area contributed by atoms with Gasteiger partial charge < -0.3 is 19.7 Å². The van der Waals surface area contributed by atoms with Gasteiger partial charge in [0.15, 0.2) is 0 Å². The van der Waals surface area contributed by atoms with Gasteiger partial charge in [0.25, 0.3) is 0 Å². The minimum Gasteiger partial charge on any atom is -0.491 e. The predicted molar refractivity (Wildman–Crippen MR) is 115 cm³/mol. The monoisotopic (exact) mass is 411 g/mol. The lowest BCUT2D eigenvalue weighted by atomic mass is 10.1. The van der Waals surface area contributed by atoms with Gasteiger partial charge >= 0.3 is 0 Å². The number of ether oxygens (including phenoxy) is 2. The summed E-state index contributed by atoms with van der Waals surface area (Å²) in [4.78, 5) is 25.3. The molecular formula is C22H29N5O3. The van der Waals surface area contributed by atoms with Crippen molar-refractivity contribution in [3.63, 3.8) is 0 Å². The van der Waals surface area contributed by atoms with Gasteiger partial charge in [0.05, 0.1) is 12.6 Å². The summed E-state index contributed by atoms with van der Waals surface area (Å²) in [6, 6.07) is 9.33. The summed E-state index contributed by atoms with van der Waals surface area (Å²) < 4.78 is 11.5. The van der Waals surface area contributed by atoms with Crippen molar-refractivity contribution in [2.75, 3.05) is 56.2 Å². The van der Waals surface area contributed by atoms with Crippen LogP contribution in [0.3, 0.4) is 0 Å². The molecule has 4 rings (SSSR count). The third-order valence-electron chi connectivity index (χ3n) is 5.42. The maximum absolute atomic E-state index is 12.4. The zero-order chi connectivity index (χ0) is 20.6. The molecule has 1 atom stereocenters. The molecule has 2 aromatic rings. The fraction of sp³-hybridized carbons (Fsp3) is 0.500. The van der Waals surface area contributed by atoms with Crippen molar-refractivity contribution >= 4 is 17.5 Å². The third-order valence-corrected chi connectivity index (χ3v) is 5.42. The summed E-state index contributed by atoms with van der Waals surface area (Å²) in [5.41, 5.74) is 0.776. The van der Waals surface area contributed by atoms with Crippen molar-refractivity contribution in [3.8, 4) is 5.75 Å². The molecule has 0 radical (unpaired) electrons. The number of piperazine rings is 1. The van der Waals surface area contributed by atoms with E-state index < -0.39 is 0 Å². The second kappa shape index (κ2) is 10.4. The predicted octanol–water partition coefficient (Wildman–Crippen LogP) is 2.19. The van der Waals surface area contributed by atoms with Crippen LogP contribution in [0.25, 0.3) is 0 Å². The van der Waals surface area contributed by atoms with E-state index in [0.29, 0.717) is 13.2 Å². The summed E-state index contributed by atoms with van der Waals surface area (Å²) in [7, 11) is 0. The van der Waals surface area contributed by atoms with Gasteiger partial charge in [0.2, 0.25) is 11.9 Å². The van der Waals surface area contributed by atoms with E-state index in [1.807, 2.05) is 30.3 Å². The number of nitrogens with one attached hydrogen (secondary N) is 1. The Hall–Kier alpha value is -2.71. The highest BCUT2D eigenvalue weighted by molar-refractivity contribution is 5.92. The van der Waals surface area contributed by atoms with Crippen LogP contribution in [-0.2, 0) is 9.53 Å². The first kappa shape index (κ1) is 20.6. The normalized spacial score (nSPS) is 20.0. The van der Waals surface area contributed by atoms with E-state index in [1.165, 1.54) is 6.42 Å². The zero-order valence-corrected chi connectivity index (χ0v) is 17.2. The number of anilines is 2. The topological polar surface area (TPSA) is 79.8 Å². The van der Waals surface area contributed by atoms with Crippen LogP contribution in [0.1, 0.15) is 19.3 Å². The maximum atomic E-state index is 12.4. The van der Waals surface area contributed by atoms with E-state index in [-0.39, 0.29) is 12.0 Å². The zero-order valence-electron chi connectivity index (χ0n) is 17.2. The van der Waals surface area contributed by atoms with Crippen LogP contribution in [0.15, 0.2) is 42.7 Å². The van der Waals surface area contributed by atoms with Crippen molar-refractivity contribution < 1.29 is 14.3 Å². The van der Waals surface area contributed by atoms with Gasteiger partial charge in [-0.1, -0.05) is 0 Å². The molecule has 2 saturated heterocycles. The highest BCUT2D eigenvalue weighted by atomic mass is 16.5. The number of carbonyl (C=O) groups excluding carboxylic acids is 1. The van der Waals surface area contributed by atoms with Crippen LogP contribution < -0.4 is 15.0 Å². The van der Waals surface area contributed by atoms with Crippen LogP contribution in [0, 0.1) is 0 Å². The molecule has 2 aliphatic heterocycles. The molecule has 1 unspecified atom stereocenters. The molecule has 2 fully saturated rings. The molecule has 160 valence electrons. The summed E-state index contributed by atoms with van der Waals surface area (Å²) in [5.74, 6) is 1.53. The molecule has 0 saturated carbocycles. The molecule has 8 nitrogen and oxygen atoms in total. The second-order valence-corrected chi connectivity index (χ2v) is 7.68. The van der Waals surface area contributed by atoms with Gasteiger partial charge in [-0.3, -0.25) is 9.69 Å². The molecule has 1 amide bonds. The molecule has 0 bridgehead atoms. The first-order valence-corrected chi connectivity index (χ1v) is 10.6. The SMILES string of the molecule is O=C(CN1CCN(c2ncccn2)CC1)Nc1ccc(OCC2CCCCO2)cc1. The van der Waals surface area contributed by atoms with E-state index in [4.69, 9.17) is 9.47 Å². The van der Waals surface area contributed by atoms with Crippen molar-refractivity contribution in [1.29, 1.82) is 0 Å². The number of hydrogen-bond donors (Lipinski definition) is 1. The molecule has 30 heavy (non-hydrogen) atoms. The standard InChI is InChI=1S/C22H29N5O3/c28-21(16-26-11-13-27(14-12-26)22-23-9-3-10-24-22)25-18-5-7-19(8-6-18)30-17-20-4-1-2-15-29-20/h3,5-10,20H,1-2,4,11-17H2,(H,25,28). The van der Waals surface area contributed by atoms with Crippen LogP contribution in [0.4, 0.5) is 11.6 Å². The average Bonchev–Trinajstić information content (AvgIpc) is 2.80. The first-order valence-electron chi connectivity index (χ1n) is 10.6. The summed E-state index contributed by atoms with van der Waals surface area (Å²) >= 11 is 0. The lowest BCUT2D eigenvalue weighted by Gasteiger charge is -2.34. The number of rotatable bonds is 7. The van der Waals surface area contributed by atoms with Crippen LogP contribution >= 0.6 is 0 Å². The Balaban J connectivity index is 1.18. The van der Waals surface area contributed by atoms with E-state index in [1.54, 1.807) is 12.4 Å². The van der Waals surface area contributed by atoms with Crippen LogP contribution in [0.5, 0.6) is 5.75 Å². The van der Waals surface area contributed by atoms with E-state index >= 15 is 0 Å². The van der Waals surface area contributed by atoms with E-state index in [9.17, 15) is 4.79 Å². The number of amides is 1. The molecule has 0 aliphatic carbocycles. The molecule has 0 spiro atoms. The quantitative estimate of drug-likeness (QED) is 0.748. The van der Waals surface area contributed by atoms with Gasteiger partial charge in [-0.2, -0.15) is 0 Å². The van der Waals surface area contributed by atoms with Gasteiger partial charge in [0.1, 0.15) is 12.4 Å². The van der Waals surface area contributed by atoms with Crippen molar-refractivity contribution in [2.45, 2.75) is 25.4 Å². The van der Waals surface area contributed by atoms with Gasteiger partial charge in [0, 0.05) is 50.9 Å². The molecule has 3 heterocycles. The highest BCUT2D eigenvalue weighted by Crippen LogP contribution is 2.18. The maximum Gasteiger partial charge on any atom is 0.238 e. The van der Waals surface area contributed by atoms with Crippen molar-refractivity contribution in [2.24, 2.45) is 0 Å². The number of aromatic nitrogens is 2.